The van der Waals surface area contributed by atoms with Crippen LogP contribution in [-0.4, -0.2) is 15.6 Å². The molecule has 0 aliphatic carbocycles. The normalized spacial score (nSPS) is 10.9. The molecule has 0 aliphatic heterocycles. The van der Waals surface area contributed by atoms with Gasteiger partial charge in [-0.15, -0.1) is 0 Å². The highest BCUT2D eigenvalue weighted by Crippen LogP contribution is 2.24. The van der Waals surface area contributed by atoms with Crippen molar-refractivity contribution in [3.8, 4) is 0 Å². The highest BCUT2D eigenvalue weighted by Gasteiger charge is 2.14. The summed E-state index contributed by atoms with van der Waals surface area (Å²) in [6, 6.07) is 7.75. The first-order valence-electron chi connectivity index (χ1n) is 5.53. The van der Waals surface area contributed by atoms with Crippen LogP contribution in [0.1, 0.15) is 29.9 Å². The summed E-state index contributed by atoms with van der Waals surface area (Å²) in [5.74, 6) is -0.861. The fraction of sp³-hybridized carbons (Fsp3) is 0.308. The highest BCUT2D eigenvalue weighted by molar-refractivity contribution is 5.95. The van der Waals surface area contributed by atoms with E-state index in [0.29, 0.717) is 12.2 Å². The van der Waals surface area contributed by atoms with Crippen molar-refractivity contribution >= 4 is 16.9 Å². The van der Waals surface area contributed by atoms with Crippen molar-refractivity contribution in [2.45, 2.75) is 26.8 Å². The van der Waals surface area contributed by atoms with Crippen molar-refractivity contribution in [1.29, 1.82) is 0 Å². The van der Waals surface area contributed by atoms with Crippen molar-refractivity contribution in [2.24, 2.45) is 0 Å². The predicted octanol–water partition coefficient (Wildman–Crippen LogP) is 2.92. The Morgan fingerprint density at radius 2 is 2.12 bits per heavy atom. The molecule has 3 nitrogen and oxygen atoms in total. The summed E-state index contributed by atoms with van der Waals surface area (Å²) < 4.78 is 1.87. The molecule has 1 N–H and O–H groups in total. The summed E-state index contributed by atoms with van der Waals surface area (Å²) in [6.07, 6.45) is 0.917. The summed E-state index contributed by atoms with van der Waals surface area (Å²) in [7, 11) is 0. The van der Waals surface area contributed by atoms with Crippen LogP contribution in [0.15, 0.2) is 24.3 Å². The van der Waals surface area contributed by atoms with Crippen LogP contribution in [-0.2, 0) is 13.0 Å². The first-order valence-corrected chi connectivity index (χ1v) is 5.53. The van der Waals surface area contributed by atoms with E-state index < -0.39 is 5.97 Å². The van der Waals surface area contributed by atoms with E-state index in [1.165, 1.54) is 5.56 Å². The second-order valence-electron chi connectivity index (χ2n) is 3.79. The number of aryl methyl sites for hydroxylation is 2. The first kappa shape index (κ1) is 10.7. The lowest BCUT2D eigenvalue weighted by Crippen LogP contribution is -2.07. The third kappa shape index (κ3) is 1.48. The molecule has 2 aromatic rings. The van der Waals surface area contributed by atoms with Gasteiger partial charge in [0.1, 0.15) is 5.69 Å². The number of carboxylic acid groups (broad SMARTS) is 1. The Hall–Kier alpha value is -1.77. The molecule has 1 aromatic heterocycles. The van der Waals surface area contributed by atoms with Crippen molar-refractivity contribution in [3.63, 3.8) is 0 Å². The fourth-order valence-electron chi connectivity index (χ4n) is 2.19. The van der Waals surface area contributed by atoms with Gasteiger partial charge in [-0.1, -0.05) is 25.1 Å². The van der Waals surface area contributed by atoms with Gasteiger partial charge in [0, 0.05) is 11.9 Å². The number of hydrogen-bond acceptors (Lipinski definition) is 1. The van der Waals surface area contributed by atoms with Crippen molar-refractivity contribution in [2.75, 3.05) is 0 Å². The van der Waals surface area contributed by atoms with Gasteiger partial charge in [-0.3, -0.25) is 0 Å². The van der Waals surface area contributed by atoms with Crippen LogP contribution in [0.25, 0.3) is 10.9 Å². The van der Waals surface area contributed by atoms with Crippen LogP contribution >= 0.6 is 0 Å². The third-order valence-electron chi connectivity index (χ3n) is 2.92. The molecule has 0 fully saturated rings. The quantitative estimate of drug-likeness (QED) is 0.858. The number of aromatic carboxylic acids is 1. The summed E-state index contributed by atoms with van der Waals surface area (Å²) >= 11 is 0. The van der Waals surface area contributed by atoms with Crippen LogP contribution in [0.2, 0.25) is 0 Å². The molecule has 0 saturated heterocycles. The first-order chi connectivity index (χ1) is 7.69. The molecule has 0 atom stereocenters. The number of hydrogen-bond donors (Lipinski definition) is 1. The SMILES string of the molecule is CCc1cccc2cc(C(=O)O)n(CC)c12. The molecule has 1 heterocycles. The molecular formula is C13H15NO2. The van der Waals surface area contributed by atoms with E-state index in [9.17, 15) is 4.79 Å². The minimum atomic E-state index is -0.861. The van der Waals surface area contributed by atoms with Crippen molar-refractivity contribution < 1.29 is 9.90 Å². The molecule has 0 saturated carbocycles. The van der Waals surface area contributed by atoms with Gasteiger partial charge in [0.05, 0.1) is 5.52 Å². The van der Waals surface area contributed by atoms with Crippen LogP contribution in [0.4, 0.5) is 0 Å². The molecule has 0 aliphatic rings. The lowest BCUT2D eigenvalue weighted by atomic mass is 10.1. The monoisotopic (exact) mass is 217 g/mol. The van der Waals surface area contributed by atoms with Gasteiger partial charge in [0.15, 0.2) is 0 Å². The Labute approximate surface area is 94.3 Å². The van der Waals surface area contributed by atoms with Crippen LogP contribution in [0, 0.1) is 0 Å². The Bertz CT molecular complexity index is 540. The smallest absolute Gasteiger partial charge is 0.352 e. The lowest BCUT2D eigenvalue weighted by Gasteiger charge is -2.07. The van der Waals surface area contributed by atoms with E-state index in [2.05, 4.69) is 13.0 Å². The molecule has 0 spiro atoms. The fourth-order valence-corrected chi connectivity index (χ4v) is 2.19. The van der Waals surface area contributed by atoms with Gasteiger partial charge in [-0.2, -0.15) is 0 Å². The Morgan fingerprint density at radius 1 is 1.38 bits per heavy atom. The number of carboxylic acids is 1. The topological polar surface area (TPSA) is 42.2 Å². The maximum absolute atomic E-state index is 11.1. The average Bonchev–Trinajstić information content (AvgIpc) is 2.67. The summed E-state index contributed by atoms with van der Waals surface area (Å²) in [4.78, 5) is 11.1. The number of benzene rings is 1. The molecule has 3 heteroatoms. The maximum Gasteiger partial charge on any atom is 0.352 e. The largest absolute Gasteiger partial charge is 0.477 e. The zero-order valence-electron chi connectivity index (χ0n) is 9.53. The molecular weight excluding hydrogens is 202 g/mol. The van der Waals surface area contributed by atoms with Gasteiger partial charge >= 0.3 is 5.97 Å². The Kier molecular flexibility index (Phi) is 2.69. The average molecular weight is 217 g/mol. The predicted molar refractivity (Wildman–Crippen MR) is 63.9 cm³/mol. The second-order valence-corrected chi connectivity index (χ2v) is 3.79. The van der Waals surface area contributed by atoms with Crippen LogP contribution in [0.3, 0.4) is 0 Å². The van der Waals surface area contributed by atoms with E-state index in [1.807, 2.05) is 23.6 Å². The molecule has 84 valence electrons. The third-order valence-corrected chi connectivity index (χ3v) is 2.92. The van der Waals surface area contributed by atoms with Gasteiger partial charge in [0.25, 0.3) is 0 Å². The van der Waals surface area contributed by atoms with E-state index in [4.69, 9.17) is 5.11 Å². The number of carbonyl (C=O) groups is 1. The van der Waals surface area contributed by atoms with E-state index >= 15 is 0 Å². The van der Waals surface area contributed by atoms with Crippen LogP contribution in [0.5, 0.6) is 0 Å². The van der Waals surface area contributed by atoms with E-state index in [-0.39, 0.29) is 0 Å². The number of fused-ring (bicyclic) bond motifs is 1. The van der Waals surface area contributed by atoms with Crippen LogP contribution < -0.4 is 0 Å². The minimum Gasteiger partial charge on any atom is -0.477 e. The number of rotatable bonds is 3. The molecule has 1 aromatic carbocycles. The molecule has 0 unspecified atom stereocenters. The number of nitrogens with zero attached hydrogens (tertiary/aromatic N) is 1. The maximum atomic E-state index is 11.1. The molecule has 0 radical (unpaired) electrons. The summed E-state index contributed by atoms with van der Waals surface area (Å²) in [6.45, 7) is 4.74. The van der Waals surface area contributed by atoms with Crippen molar-refractivity contribution in [1.82, 2.24) is 4.57 Å². The standard InChI is InChI=1S/C13H15NO2/c1-3-9-6-5-7-10-8-11(13(15)16)14(4-2)12(9)10/h5-8H,3-4H2,1-2H3,(H,15,16). The molecule has 0 amide bonds. The van der Waals surface area contributed by atoms with Gasteiger partial charge < -0.3 is 9.67 Å². The van der Waals surface area contributed by atoms with Gasteiger partial charge in [0.2, 0.25) is 0 Å². The summed E-state index contributed by atoms with van der Waals surface area (Å²) in [5, 5.41) is 10.2. The highest BCUT2D eigenvalue weighted by atomic mass is 16.4. The zero-order chi connectivity index (χ0) is 11.7. The minimum absolute atomic E-state index is 0.374. The van der Waals surface area contributed by atoms with Gasteiger partial charge in [-0.05, 0) is 25.0 Å². The van der Waals surface area contributed by atoms with E-state index in [1.54, 1.807) is 6.07 Å². The molecule has 0 bridgehead atoms. The Balaban J connectivity index is 2.83. The molecule has 16 heavy (non-hydrogen) atoms. The van der Waals surface area contributed by atoms with Crippen molar-refractivity contribution in [3.05, 3.63) is 35.5 Å². The lowest BCUT2D eigenvalue weighted by molar-refractivity contribution is 0.0686. The number of aromatic nitrogens is 1. The van der Waals surface area contributed by atoms with Gasteiger partial charge in [-0.25, -0.2) is 4.79 Å². The number of para-hydroxylation sites is 1. The summed E-state index contributed by atoms with van der Waals surface area (Å²) in [5.41, 5.74) is 2.63. The zero-order valence-corrected chi connectivity index (χ0v) is 9.53. The van der Waals surface area contributed by atoms with E-state index in [0.717, 1.165) is 17.3 Å². The second kappa shape index (κ2) is 4.00. The molecule has 2 rings (SSSR count). The Morgan fingerprint density at radius 3 is 2.69 bits per heavy atom.